The maximum Gasteiger partial charge on any atom is 0.287 e. The van der Waals surface area contributed by atoms with Gasteiger partial charge in [0, 0.05) is 18.2 Å². The average Bonchev–Trinajstić information content (AvgIpc) is 3.08. The first kappa shape index (κ1) is 20.4. The van der Waals surface area contributed by atoms with Crippen LogP contribution in [0.2, 0.25) is 0 Å². The number of allylic oxidation sites excluding steroid dienone is 1. The molecule has 0 atom stereocenters. The van der Waals surface area contributed by atoms with E-state index in [9.17, 15) is 0 Å². The van der Waals surface area contributed by atoms with E-state index in [2.05, 4.69) is 76.3 Å². The summed E-state index contributed by atoms with van der Waals surface area (Å²) in [5.74, 6) is 0. The fourth-order valence-corrected chi connectivity index (χ4v) is 4.28. The van der Waals surface area contributed by atoms with Crippen molar-refractivity contribution in [2.45, 2.75) is 54.4 Å². The highest BCUT2D eigenvalue weighted by molar-refractivity contribution is 5.88. The normalized spacial score (nSPS) is 13.4. The molecular weight excluding hydrogens is 368 g/mol. The van der Waals surface area contributed by atoms with Gasteiger partial charge in [0.2, 0.25) is 0 Å². The van der Waals surface area contributed by atoms with Gasteiger partial charge in [-0.2, -0.15) is 0 Å². The molecule has 0 bridgehead atoms. The van der Waals surface area contributed by atoms with Crippen LogP contribution in [0.15, 0.2) is 30.9 Å². The number of hydrogen-bond acceptors (Lipinski definition) is 3. The molecule has 1 aliphatic rings. The van der Waals surface area contributed by atoms with Crippen LogP contribution in [0.25, 0.3) is 22.9 Å². The number of rotatable bonds is 3. The van der Waals surface area contributed by atoms with Gasteiger partial charge >= 0.3 is 0 Å². The lowest BCUT2D eigenvalue weighted by Crippen LogP contribution is -2.33. The number of benzene rings is 1. The molecule has 4 heteroatoms. The summed E-state index contributed by atoms with van der Waals surface area (Å²) in [6.45, 7) is 13.2. The third kappa shape index (κ3) is 3.91. The molecule has 4 rings (SSSR count). The Hall–Kier alpha value is -2.88. The number of fused-ring (bicyclic) bond motifs is 1. The highest BCUT2D eigenvalue weighted by atomic mass is 15.0. The fourth-order valence-electron chi connectivity index (χ4n) is 4.28. The number of aromatic nitrogens is 4. The van der Waals surface area contributed by atoms with Crippen molar-refractivity contribution in [3.05, 3.63) is 70.2 Å². The van der Waals surface area contributed by atoms with Crippen LogP contribution >= 0.6 is 0 Å². The smallest absolute Gasteiger partial charge is 0.257 e. The Morgan fingerprint density at radius 2 is 1.77 bits per heavy atom. The van der Waals surface area contributed by atoms with Crippen LogP contribution in [0.3, 0.4) is 0 Å². The van der Waals surface area contributed by atoms with Crippen molar-refractivity contribution < 1.29 is 4.57 Å². The Balaban J connectivity index is 1.71. The van der Waals surface area contributed by atoms with Crippen molar-refractivity contribution in [3.8, 4) is 11.3 Å². The van der Waals surface area contributed by atoms with Gasteiger partial charge < -0.3 is 0 Å². The lowest BCUT2D eigenvalue weighted by molar-refractivity contribution is -0.663. The molecule has 30 heavy (non-hydrogen) atoms. The first-order chi connectivity index (χ1) is 14.1. The van der Waals surface area contributed by atoms with Crippen molar-refractivity contribution in [2.75, 3.05) is 0 Å². The first-order valence-corrected chi connectivity index (χ1v) is 10.6. The van der Waals surface area contributed by atoms with Crippen molar-refractivity contribution >= 4 is 11.6 Å². The fraction of sp³-hybridized carbons (Fsp3) is 0.385. The van der Waals surface area contributed by atoms with Gasteiger partial charge in [-0.25, -0.2) is 4.57 Å². The van der Waals surface area contributed by atoms with Crippen LogP contribution in [-0.4, -0.2) is 15.0 Å². The first-order valence-electron chi connectivity index (χ1n) is 10.6. The maximum absolute atomic E-state index is 4.73. The molecule has 2 aromatic heterocycles. The highest BCUT2D eigenvalue weighted by Crippen LogP contribution is 2.36. The van der Waals surface area contributed by atoms with Gasteiger partial charge in [-0.3, -0.25) is 9.97 Å². The lowest BCUT2D eigenvalue weighted by atomic mass is 9.91. The molecular formula is C26H31N4+. The number of aryl methyl sites for hydroxylation is 3. The summed E-state index contributed by atoms with van der Waals surface area (Å²) in [6.07, 6.45) is 9.68. The molecule has 0 aliphatic heterocycles. The Labute approximate surface area is 179 Å². The van der Waals surface area contributed by atoms with E-state index in [1.54, 1.807) is 0 Å². The Morgan fingerprint density at radius 1 is 1.00 bits per heavy atom. The summed E-state index contributed by atoms with van der Waals surface area (Å²) in [7, 11) is 2.08. The van der Waals surface area contributed by atoms with Crippen LogP contribution in [0.4, 0.5) is 0 Å². The summed E-state index contributed by atoms with van der Waals surface area (Å²) in [4.78, 5) is 14.1. The highest BCUT2D eigenvalue weighted by Gasteiger charge is 2.28. The minimum atomic E-state index is 0.205. The molecule has 1 aromatic carbocycles. The van der Waals surface area contributed by atoms with E-state index in [0.29, 0.717) is 0 Å². The summed E-state index contributed by atoms with van der Waals surface area (Å²) >= 11 is 0. The topological polar surface area (TPSA) is 42.5 Å². The third-order valence-corrected chi connectivity index (χ3v) is 5.81. The minimum absolute atomic E-state index is 0.205. The van der Waals surface area contributed by atoms with Crippen molar-refractivity contribution in [2.24, 2.45) is 12.5 Å². The van der Waals surface area contributed by atoms with Crippen LogP contribution in [0.5, 0.6) is 0 Å². The molecule has 3 aromatic rings. The molecule has 0 saturated heterocycles. The van der Waals surface area contributed by atoms with E-state index in [1.807, 2.05) is 18.7 Å². The average molecular weight is 400 g/mol. The molecule has 0 unspecified atom stereocenters. The van der Waals surface area contributed by atoms with Crippen LogP contribution in [0, 0.1) is 26.2 Å². The van der Waals surface area contributed by atoms with Gasteiger partial charge in [0.05, 0.1) is 30.2 Å². The Kier molecular flexibility index (Phi) is 5.05. The van der Waals surface area contributed by atoms with E-state index in [1.165, 1.54) is 39.1 Å². The molecule has 4 nitrogen and oxygen atoms in total. The number of nitrogens with zero attached hydrogens (tertiary/aromatic N) is 4. The van der Waals surface area contributed by atoms with E-state index >= 15 is 0 Å². The Bertz CT molecular complexity index is 1150. The standard InChI is InChI=1S/C26H31N4/c1-16-8-17(2)18(3)21(9-16)25-22-10-19(11-23(22)29-15-30(25)7)24-14-27-20(13-28-24)12-26(4,5)6/h8-9,11,13-15H,10,12H2,1-7H3/q+1. The maximum atomic E-state index is 4.73. The van der Waals surface area contributed by atoms with E-state index in [0.717, 1.165) is 29.9 Å². The van der Waals surface area contributed by atoms with Crippen LogP contribution < -0.4 is 4.57 Å². The second-order valence-electron chi connectivity index (χ2n) is 9.80. The Morgan fingerprint density at radius 3 is 2.43 bits per heavy atom. The van der Waals surface area contributed by atoms with Gasteiger partial charge in [-0.1, -0.05) is 32.4 Å². The van der Waals surface area contributed by atoms with Gasteiger partial charge in [0.1, 0.15) is 5.69 Å². The van der Waals surface area contributed by atoms with Gasteiger partial charge in [0.15, 0.2) is 5.69 Å². The van der Waals surface area contributed by atoms with E-state index in [4.69, 9.17) is 9.97 Å². The van der Waals surface area contributed by atoms with Crippen molar-refractivity contribution in [1.29, 1.82) is 0 Å². The van der Waals surface area contributed by atoms with E-state index < -0.39 is 0 Å². The summed E-state index contributed by atoms with van der Waals surface area (Å²) in [5.41, 5.74) is 12.1. The predicted molar refractivity (Wildman–Crippen MR) is 122 cm³/mol. The zero-order valence-electron chi connectivity index (χ0n) is 19.2. The van der Waals surface area contributed by atoms with Crippen molar-refractivity contribution in [3.63, 3.8) is 0 Å². The molecule has 154 valence electrons. The molecule has 0 radical (unpaired) electrons. The SMILES string of the molecule is Cc1cc(C)c(C)c(-c2c3c(nc[n+]2C)C=C(c2cnc(CC(C)(C)C)cn2)C3)c1. The minimum Gasteiger partial charge on any atom is -0.257 e. The predicted octanol–water partition coefficient (Wildman–Crippen LogP) is 4.97. The molecule has 2 heterocycles. The van der Waals surface area contributed by atoms with Crippen LogP contribution in [0.1, 0.15) is 60.1 Å². The van der Waals surface area contributed by atoms with Crippen LogP contribution in [-0.2, 0) is 19.9 Å². The van der Waals surface area contributed by atoms with Gasteiger partial charge in [-0.15, -0.1) is 0 Å². The number of hydrogen-bond donors (Lipinski definition) is 0. The monoisotopic (exact) mass is 399 g/mol. The molecule has 1 aliphatic carbocycles. The second-order valence-corrected chi connectivity index (χ2v) is 9.80. The summed E-state index contributed by atoms with van der Waals surface area (Å²) in [6, 6.07) is 4.54. The summed E-state index contributed by atoms with van der Waals surface area (Å²) < 4.78 is 2.15. The molecule has 0 amide bonds. The van der Waals surface area contributed by atoms with E-state index in [-0.39, 0.29) is 5.41 Å². The van der Waals surface area contributed by atoms with Gasteiger partial charge in [-0.05, 0) is 66.4 Å². The van der Waals surface area contributed by atoms with Gasteiger partial charge in [0.25, 0.3) is 6.33 Å². The molecule has 0 spiro atoms. The van der Waals surface area contributed by atoms with Crippen molar-refractivity contribution in [1.82, 2.24) is 15.0 Å². The molecule has 0 fully saturated rings. The zero-order valence-corrected chi connectivity index (χ0v) is 19.2. The summed E-state index contributed by atoms with van der Waals surface area (Å²) in [5, 5.41) is 0. The lowest BCUT2D eigenvalue weighted by Gasteiger charge is -2.17. The molecule has 0 saturated carbocycles. The third-order valence-electron chi connectivity index (χ3n) is 5.81. The zero-order chi connectivity index (χ0) is 21.6. The largest absolute Gasteiger partial charge is 0.287 e. The second kappa shape index (κ2) is 7.42. The molecule has 0 N–H and O–H groups in total. The quantitative estimate of drug-likeness (QED) is 0.584.